The summed E-state index contributed by atoms with van der Waals surface area (Å²) in [4.78, 5) is 14.7. The van der Waals surface area contributed by atoms with Gasteiger partial charge in [0, 0.05) is 10.5 Å². The van der Waals surface area contributed by atoms with Gasteiger partial charge in [0.2, 0.25) is 5.88 Å². The van der Waals surface area contributed by atoms with Crippen LogP contribution in [0.1, 0.15) is 16.1 Å². The predicted molar refractivity (Wildman–Crippen MR) is 74.7 cm³/mol. The molecule has 0 aliphatic heterocycles. The highest BCUT2D eigenvalue weighted by Gasteiger charge is 2.12. The Bertz CT molecular complexity index is 601. The van der Waals surface area contributed by atoms with Crippen LogP contribution in [0.5, 0.6) is 5.88 Å². The maximum atomic E-state index is 10.9. The number of halogens is 2. The van der Waals surface area contributed by atoms with Gasteiger partial charge in [-0.05, 0) is 23.8 Å². The van der Waals surface area contributed by atoms with Crippen molar-refractivity contribution in [2.45, 2.75) is 6.61 Å². The van der Waals surface area contributed by atoms with Crippen LogP contribution in [0.4, 0.5) is 0 Å². The van der Waals surface area contributed by atoms with Crippen molar-refractivity contribution in [1.82, 2.24) is 4.98 Å². The lowest BCUT2D eigenvalue weighted by Gasteiger charge is -2.07. The first-order chi connectivity index (χ1) is 9.06. The van der Waals surface area contributed by atoms with E-state index in [2.05, 4.69) is 20.9 Å². The van der Waals surface area contributed by atoms with Crippen LogP contribution < -0.4 is 4.74 Å². The summed E-state index contributed by atoms with van der Waals surface area (Å²) in [6.45, 7) is 0.307. The molecule has 0 amide bonds. The number of pyridine rings is 1. The standard InChI is InChI=1S/C13H9BrClNO3/c14-9-3-1-8(2-4-9)7-19-11-6-5-10(15)12(16-11)13(17)18/h1-6H,7H2,(H,17,18). The molecule has 0 saturated carbocycles. The Kier molecular flexibility index (Phi) is 4.39. The summed E-state index contributed by atoms with van der Waals surface area (Å²) >= 11 is 9.06. The Morgan fingerprint density at radius 2 is 1.95 bits per heavy atom. The van der Waals surface area contributed by atoms with Crippen molar-refractivity contribution < 1.29 is 14.6 Å². The highest BCUT2D eigenvalue weighted by atomic mass is 79.9. The molecule has 1 aromatic heterocycles. The fourth-order valence-corrected chi connectivity index (χ4v) is 1.84. The number of benzene rings is 1. The van der Waals surface area contributed by atoms with Crippen LogP contribution in [0, 0.1) is 0 Å². The van der Waals surface area contributed by atoms with Crippen molar-refractivity contribution in [1.29, 1.82) is 0 Å². The normalized spacial score (nSPS) is 10.2. The van der Waals surface area contributed by atoms with E-state index in [1.165, 1.54) is 12.1 Å². The molecule has 19 heavy (non-hydrogen) atoms. The van der Waals surface area contributed by atoms with E-state index in [0.717, 1.165) is 10.0 Å². The molecule has 0 radical (unpaired) electrons. The number of carboxylic acid groups (broad SMARTS) is 1. The first-order valence-electron chi connectivity index (χ1n) is 5.33. The Hall–Kier alpha value is -1.59. The van der Waals surface area contributed by atoms with Crippen molar-refractivity contribution in [3.05, 3.63) is 57.2 Å². The minimum atomic E-state index is -1.18. The fraction of sp³-hybridized carbons (Fsp3) is 0.0769. The molecule has 0 atom stereocenters. The zero-order valence-corrected chi connectivity index (χ0v) is 12.0. The summed E-state index contributed by atoms with van der Waals surface area (Å²) in [7, 11) is 0. The third-order valence-corrected chi connectivity index (χ3v) is 3.16. The molecule has 0 fully saturated rings. The highest BCUT2D eigenvalue weighted by molar-refractivity contribution is 9.10. The number of hydrogen-bond donors (Lipinski definition) is 1. The van der Waals surface area contributed by atoms with E-state index in [1.54, 1.807) is 0 Å². The molecule has 0 unspecified atom stereocenters. The van der Waals surface area contributed by atoms with Crippen molar-refractivity contribution in [2.24, 2.45) is 0 Å². The van der Waals surface area contributed by atoms with Crippen LogP contribution in [-0.2, 0) is 6.61 Å². The molecule has 98 valence electrons. The molecule has 0 aliphatic carbocycles. The average molecular weight is 343 g/mol. The fourth-order valence-electron chi connectivity index (χ4n) is 1.39. The van der Waals surface area contributed by atoms with Gasteiger partial charge < -0.3 is 9.84 Å². The first-order valence-corrected chi connectivity index (χ1v) is 6.50. The SMILES string of the molecule is O=C(O)c1nc(OCc2ccc(Br)cc2)ccc1Cl. The molecule has 2 aromatic rings. The number of carbonyl (C=O) groups is 1. The minimum absolute atomic E-state index is 0.0866. The van der Waals surface area contributed by atoms with Gasteiger partial charge in [0.25, 0.3) is 0 Å². The van der Waals surface area contributed by atoms with E-state index in [1.807, 2.05) is 24.3 Å². The Labute approximate surface area is 123 Å². The molecule has 0 bridgehead atoms. The summed E-state index contributed by atoms with van der Waals surface area (Å²) in [6, 6.07) is 10.6. The second-order valence-corrected chi connectivity index (χ2v) is 5.02. The van der Waals surface area contributed by atoms with Gasteiger partial charge in [-0.15, -0.1) is 0 Å². The van der Waals surface area contributed by atoms with Crippen LogP contribution in [0.3, 0.4) is 0 Å². The van der Waals surface area contributed by atoms with Gasteiger partial charge in [-0.1, -0.05) is 39.7 Å². The topological polar surface area (TPSA) is 59.4 Å². The third kappa shape index (κ3) is 3.68. The van der Waals surface area contributed by atoms with Gasteiger partial charge >= 0.3 is 5.97 Å². The zero-order chi connectivity index (χ0) is 13.8. The van der Waals surface area contributed by atoms with Gasteiger partial charge in [0.15, 0.2) is 5.69 Å². The molecule has 0 aliphatic rings. The molecule has 0 saturated heterocycles. The quantitative estimate of drug-likeness (QED) is 0.918. The smallest absolute Gasteiger partial charge is 0.356 e. The van der Waals surface area contributed by atoms with Crippen LogP contribution >= 0.6 is 27.5 Å². The molecule has 0 spiro atoms. The molecule has 4 nitrogen and oxygen atoms in total. The van der Waals surface area contributed by atoms with Gasteiger partial charge in [0.1, 0.15) is 6.61 Å². The Morgan fingerprint density at radius 1 is 1.26 bits per heavy atom. The van der Waals surface area contributed by atoms with E-state index in [9.17, 15) is 4.79 Å². The monoisotopic (exact) mass is 341 g/mol. The zero-order valence-electron chi connectivity index (χ0n) is 9.64. The molecular formula is C13H9BrClNO3. The predicted octanol–water partition coefficient (Wildman–Crippen LogP) is 3.77. The lowest BCUT2D eigenvalue weighted by molar-refractivity contribution is 0.0689. The summed E-state index contributed by atoms with van der Waals surface area (Å²) < 4.78 is 6.41. The number of rotatable bonds is 4. The van der Waals surface area contributed by atoms with Crippen molar-refractivity contribution >= 4 is 33.5 Å². The van der Waals surface area contributed by atoms with Crippen LogP contribution in [0.15, 0.2) is 40.9 Å². The molecule has 6 heteroatoms. The largest absolute Gasteiger partial charge is 0.476 e. The van der Waals surface area contributed by atoms with Crippen LogP contribution in [0.2, 0.25) is 5.02 Å². The molecule has 1 N–H and O–H groups in total. The molecule has 1 heterocycles. The molecular weight excluding hydrogens is 334 g/mol. The Balaban J connectivity index is 2.09. The van der Waals surface area contributed by atoms with E-state index < -0.39 is 5.97 Å². The van der Waals surface area contributed by atoms with Crippen molar-refractivity contribution in [3.63, 3.8) is 0 Å². The number of nitrogens with zero attached hydrogens (tertiary/aromatic N) is 1. The highest BCUT2D eigenvalue weighted by Crippen LogP contribution is 2.19. The molecule has 1 aromatic carbocycles. The summed E-state index contributed by atoms with van der Waals surface area (Å²) in [6.07, 6.45) is 0. The van der Waals surface area contributed by atoms with Crippen molar-refractivity contribution in [2.75, 3.05) is 0 Å². The van der Waals surface area contributed by atoms with Gasteiger partial charge in [-0.25, -0.2) is 9.78 Å². The maximum absolute atomic E-state index is 10.9. The van der Waals surface area contributed by atoms with Gasteiger partial charge in [-0.3, -0.25) is 0 Å². The van der Waals surface area contributed by atoms with Gasteiger partial charge in [-0.2, -0.15) is 0 Å². The number of ether oxygens (including phenoxy) is 1. The van der Waals surface area contributed by atoms with Crippen LogP contribution in [0.25, 0.3) is 0 Å². The van der Waals surface area contributed by atoms with E-state index in [4.69, 9.17) is 21.4 Å². The first kappa shape index (κ1) is 13.8. The van der Waals surface area contributed by atoms with E-state index in [-0.39, 0.29) is 16.6 Å². The lowest BCUT2D eigenvalue weighted by Crippen LogP contribution is -2.04. The van der Waals surface area contributed by atoms with Crippen molar-refractivity contribution in [3.8, 4) is 5.88 Å². The number of hydrogen-bond acceptors (Lipinski definition) is 3. The second-order valence-electron chi connectivity index (χ2n) is 3.70. The summed E-state index contributed by atoms with van der Waals surface area (Å²) in [5, 5.41) is 8.98. The summed E-state index contributed by atoms with van der Waals surface area (Å²) in [5.74, 6) is -0.955. The van der Waals surface area contributed by atoms with Crippen LogP contribution in [-0.4, -0.2) is 16.1 Å². The minimum Gasteiger partial charge on any atom is -0.476 e. The van der Waals surface area contributed by atoms with E-state index in [0.29, 0.717) is 6.61 Å². The average Bonchev–Trinajstić information content (AvgIpc) is 2.39. The number of aromatic carboxylic acids is 1. The van der Waals surface area contributed by atoms with Gasteiger partial charge in [0.05, 0.1) is 5.02 Å². The Morgan fingerprint density at radius 3 is 2.58 bits per heavy atom. The maximum Gasteiger partial charge on any atom is 0.356 e. The van der Waals surface area contributed by atoms with E-state index >= 15 is 0 Å². The number of carboxylic acids is 1. The number of aromatic nitrogens is 1. The molecule has 2 rings (SSSR count). The summed E-state index contributed by atoms with van der Waals surface area (Å²) in [5.41, 5.74) is 0.742. The lowest BCUT2D eigenvalue weighted by atomic mass is 10.2. The second kappa shape index (κ2) is 6.04. The third-order valence-electron chi connectivity index (χ3n) is 2.32.